The van der Waals surface area contributed by atoms with Gasteiger partial charge in [-0.15, -0.1) is 0 Å². The Bertz CT molecular complexity index is 6040. The molecule has 1 aliphatic heterocycles. The molecule has 10 aromatic carbocycles. The molecule has 0 amide bonds. The third kappa shape index (κ3) is 18.1. The summed E-state index contributed by atoms with van der Waals surface area (Å²) in [6, 6.07) is 7.50. The van der Waals surface area contributed by atoms with Gasteiger partial charge in [-0.1, -0.05) is 0 Å². The summed E-state index contributed by atoms with van der Waals surface area (Å²) in [6.07, 6.45) is -15.2. The van der Waals surface area contributed by atoms with Crippen molar-refractivity contribution in [2.24, 2.45) is 0 Å². The summed E-state index contributed by atoms with van der Waals surface area (Å²) in [4.78, 5) is 142. The monoisotopic (exact) mass is 1720 g/mol. The van der Waals surface area contributed by atoms with Crippen molar-refractivity contribution in [1.29, 1.82) is 0 Å². The van der Waals surface area contributed by atoms with Gasteiger partial charge in [0.05, 0.1) is 56.0 Å². The Morgan fingerprint density at radius 3 is 0.805 bits per heavy atom. The normalized spacial score (nSPS) is 14.6. The van der Waals surface area contributed by atoms with Crippen molar-refractivity contribution in [3.05, 3.63) is 171 Å². The molecule has 5 atom stereocenters. The zero-order valence-electron chi connectivity index (χ0n) is 60.8. The maximum absolute atomic E-state index is 15.3. The van der Waals surface area contributed by atoms with Crippen LogP contribution < -0.4 is 53.6 Å². The van der Waals surface area contributed by atoms with E-state index in [1.807, 2.05) is 0 Å². The van der Waals surface area contributed by atoms with Crippen LogP contribution in [0.15, 0.2) is 115 Å². The number of phenols is 25. The number of aromatic hydroxyl groups is 25. The predicted octanol–water partition coefficient (Wildman–Crippen LogP) is 0.653. The third-order valence-electron chi connectivity index (χ3n) is 17.2. The van der Waals surface area contributed by atoms with E-state index >= 15 is 14.4 Å². The van der Waals surface area contributed by atoms with Gasteiger partial charge >= 0.3 is 83.3 Å². The van der Waals surface area contributed by atoms with Gasteiger partial charge in [-0.25, -0.2) is 43.2 Å². The van der Waals surface area contributed by atoms with Crippen LogP contribution in [0.2, 0.25) is 0 Å². The molecule has 0 radical (unpaired) electrons. The number of hydrogen-bond acceptors (Lipinski definition) is 46. The van der Waals surface area contributed by atoms with Gasteiger partial charge in [-0.05, 0) is 115 Å². The van der Waals surface area contributed by atoms with Crippen molar-refractivity contribution >= 4 is 59.7 Å². The number of phenolic OH excluding ortho intramolecular Hbond substituents is 25. The number of carbonyl (C=O) groups excluding carboxylic acids is 10. The average molecular weight is 1720 g/mol. The Kier molecular flexibility index (Phi) is 24.8. The number of carboxylic acids is 1. The molecule has 123 heavy (non-hydrogen) atoms. The SMILES string of the molecule is O=C(OC[C@H]1O[C@H](OC(=O)c2cc(O)c(O)c(OC(=O)c3cc(O)c(O)c(O)c3)c2)[C@H](OC(=O)c2cc(O)c(O)c(OC(=O)c3cc(O)c(O)c(O)c3)c2)[C@@H](OC(=O)c2cc(O)c(O)c(OC(=O)c3cc(O)c(O)c(O)c3)c2)[C@@H]1OC(=O)c1cc(O)c(O)c(OC(=O)c2cc(O)c(O)c(O)c2)c1)c1cc(O)c(O)c(-c2c(C(=O)[O-])cc(O)c(O)c2O)c1.[Na+]. The van der Waals surface area contributed by atoms with Crippen LogP contribution in [-0.4, -0.2) is 225 Å². The molecule has 47 heteroatoms. The fraction of sp³-hybridized carbons (Fsp3) is 0.0789. The number of hydrogen-bond donors (Lipinski definition) is 25. The Labute approximate surface area is 700 Å². The van der Waals surface area contributed by atoms with Crippen molar-refractivity contribution in [2.45, 2.75) is 30.7 Å². The molecule has 10 aromatic rings. The summed E-state index contributed by atoms with van der Waals surface area (Å²) in [6.45, 7) is -1.76. The molecule has 0 bridgehead atoms. The first kappa shape index (κ1) is 88.2. The zero-order chi connectivity index (χ0) is 89.5. The second kappa shape index (κ2) is 34.6. The maximum atomic E-state index is 15.3. The van der Waals surface area contributed by atoms with Crippen LogP contribution in [0, 0.1) is 0 Å². The number of benzene rings is 10. The van der Waals surface area contributed by atoms with Crippen molar-refractivity contribution in [3.8, 4) is 178 Å². The first-order valence-electron chi connectivity index (χ1n) is 33.2. The van der Waals surface area contributed by atoms with Crippen LogP contribution in [0.5, 0.6) is 167 Å². The topological polar surface area (TPSA) is 792 Å². The van der Waals surface area contributed by atoms with Crippen LogP contribution >= 0.6 is 0 Å². The van der Waals surface area contributed by atoms with Crippen LogP contribution in [0.1, 0.15) is 104 Å². The van der Waals surface area contributed by atoms with E-state index in [2.05, 4.69) is 0 Å². The van der Waals surface area contributed by atoms with E-state index in [1.165, 1.54) is 0 Å². The molecule has 1 fully saturated rings. The third-order valence-corrected chi connectivity index (χ3v) is 17.2. The molecule has 0 saturated carbocycles. The van der Waals surface area contributed by atoms with E-state index in [0.717, 1.165) is 0 Å². The summed E-state index contributed by atoms with van der Waals surface area (Å²) in [5.41, 5.74) is -12.9. The molecule has 1 aliphatic rings. The van der Waals surface area contributed by atoms with E-state index in [9.17, 15) is 166 Å². The van der Waals surface area contributed by atoms with Crippen LogP contribution in [0.4, 0.5) is 0 Å². The molecular formula is C76H51NaO46. The standard InChI is InChI=1S/C76H52O46.Na/c77-32-2-21(1-30(52(32)91)51-31(66(102)103)19-45(90)61(100)62(51)101)67(104)113-20-50-63(119-72(109)26-11-41(86)57(96)46(15-26)114-68(105)22-3-33(78)53(92)34(79)4-22)64(120-73(110)27-12-42(87)58(97)47(16-27)115-69(106)23-5-35(80)54(93)36(81)6-23)65(121-74(111)28-13-43(88)59(98)48(17-28)116-70(107)24-7-37(82)55(94)38(83)8-24)76(118-50)122-75(112)29-14-44(89)60(99)49(18-29)117-71(108)25-9-39(84)56(95)40(85)10-25;/h1-19,50,63-65,76-101H,20H2,(H,102,103);/q;+1/p-1/t50-,63-,64+,65-,76-;/m1./s1. The second-order valence-corrected chi connectivity index (χ2v) is 25.2. The van der Waals surface area contributed by atoms with Gasteiger partial charge in [0.2, 0.25) is 41.1 Å². The number of carbonyl (C=O) groups is 10. The molecule has 25 N–H and O–H groups in total. The van der Waals surface area contributed by atoms with Crippen LogP contribution in [0.3, 0.4) is 0 Å². The first-order chi connectivity index (χ1) is 57.3. The Morgan fingerprint density at radius 1 is 0.260 bits per heavy atom. The van der Waals surface area contributed by atoms with E-state index < -0.39 is 331 Å². The number of rotatable bonds is 21. The summed E-state index contributed by atoms with van der Waals surface area (Å²) in [5.74, 6) is -57.1. The molecule has 0 spiro atoms. The quantitative estimate of drug-likeness (QED) is 0.0154. The Balaban J connectivity index is 0.0000158. The van der Waals surface area contributed by atoms with Crippen molar-refractivity contribution in [3.63, 3.8) is 0 Å². The fourth-order valence-corrected chi connectivity index (χ4v) is 11.2. The minimum absolute atomic E-state index is 0. The molecular weight excluding hydrogens is 1670 g/mol. The molecule has 46 nitrogen and oxygen atoms in total. The summed E-state index contributed by atoms with van der Waals surface area (Å²) < 4.78 is 55.3. The molecule has 632 valence electrons. The number of esters is 9. The van der Waals surface area contributed by atoms with Crippen molar-refractivity contribution in [1.82, 2.24) is 0 Å². The van der Waals surface area contributed by atoms with E-state index in [0.29, 0.717) is 97.1 Å². The van der Waals surface area contributed by atoms with E-state index in [1.54, 1.807) is 0 Å². The summed E-state index contributed by atoms with van der Waals surface area (Å²) >= 11 is 0. The minimum Gasteiger partial charge on any atom is -0.545 e. The number of aromatic carboxylic acids is 1. The molecule has 0 unspecified atom stereocenters. The van der Waals surface area contributed by atoms with Crippen LogP contribution in [0.25, 0.3) is 11.1 Å². The smallest absolute Gasteiger partial charge is 0.545 e. The van der Waals surface area contributed by atoms with Gasteiger partial charge in [0.15, 0.2) is 150 Å². The van der Waals surface area contributed by atoms with Gasteiger partial charge in [-0.2, -0.15) is 0 Å². The van der Waals surface area contributed by atoms with Crippen molar-refractivity contribution < 1.29 is 258 Å². The van der Waals surface area contributed by atoms with Gasteiger partial charge in [0, 0.05) is 16.7 Å². The van der Waals surface area contributed by atoms with Gasteiger partial charge in [0.1, 0.15) is 12.7 Å². The molecule has 0 aliphatic carbocycles. The summed E-state index contributed by atoms with van der Waals surface area (Å²) in [5, 5.41) is 276. The first-order valence-corrected chi connectivity index (χ1v) is 33.2. The molecule has 1 heterocycles. The van der Waals surface area contributed by atoms with Gasteiger partial charge in [-0.3, -0.25) is 0 Å². The fourth-order valence-electron chi connectivity index (χ4n) is 11.2. The van der Waals surface area contributed by atoms with Gasteiger partial charge < -0.3 is 185 Å². The number of ether oxygens (including phenoxy) is 10. The van der Waals surface area contributed by atoms with E-state index in [4.69, 9.17) is 47.4 Å². The van der Waals surface area contributed by atoms with E-state index in [-0.39, 0.29) is 47.8 Å². The summed E-state index contributed by atoms with van der Waals surface area (Å²) in [7, 11) is 0. The second-order valence-electron chi connectivity index (χ2n) is 25.2. The minimum atomic E-state index is -3.15. The molecule has 0 aromatic heterocycles. The molecule has 1 saturated heterocycles. The van der Waals surface area contributed by atoms with Crippen LogP contribution in [-0.2, 0) is 28.4 Å². The maximum Gasteiger partial charge on any atom is 1.00 e. The molecule has 11 rings (SSSR count). The number of carboxylic acid groups (broad SMARTS) is 1. The zero-order valence-corrected chi connectivity index (χ0v) is 62.8. The van der Waals surface area contributed by atoms with Gasteiger partial charge in [0.25, 0.3) is 0 Å². The Hall–Kier alpha value is -17.1. The van der Waals surface area contributed by atoms with Crippen molar-refractivity contribution in [2.75, 3.05) is 6.61 Å². The Morgan fingerprint density at radius 2 is 0.504 bits per heavy atom. The average Bonchev–Trinajstić information content (AvgIpc) is 0.766. The predicted molar refractivity (Wildman–Crippen MR) is 381 cm³/mol. The largest absolute Gasteiger partial charge is 1.00 e.